The third-order valence-corrected chi connectivity index (χ3v) is 3.01. The van der Waals surface area contributed by atoms with E-state index < -0.39 is 5.97 Å². The molecule has 0 bridgehead atoms. The number of carboxylic acids is 1. The average molecular weight is 306 g/mol. The standard InChI is InChI=1S/C15H15FN2O4/c1-10-8-13(17-22-10)18(7-6-15(20)21)14(19)9-11-2-4-12(16)5-3-11/h2-5,8H,6-7,9H2,1H3,(H,20,21). The fraction of sp³-hybridized carbons (Fsp3) is 0.267. The van der Waals surface area contributed by atoms with Gasteiger partial charge in [0.2, 0.25) is 5.91 Å². The van der Waals surface area contributed by atoms with Gasteiger partial charge in [-0.3, -0.25) is 14.5 Å². The number of carboxylic acid groups (broad SMARTS) is 1. The van der Waals surface area contributed by atoms with Crippen molar-refractivity contribution < 1.29 is 23.6 Å². The van der Waals surface area contributed by atoms with E-state index in [1.807, 2.05) is 0 Å². The number of anilines is 1. The third-order valence-electron chi connectivity index (χ3n) is 3.01. The number of rotatable bonds is 6. The van der Waals surface area contributed by atoms with Gasteiger partial charge in [-0.2, -0.15) is 0 Å². The van der Waals surface area contributed by atoms with Crippen molar-refractivity contribution in [3.8, 4) is 0 Å². The maximum atomic E-state index is 12.9. The van der Waals surface area contributed by atoms with E-state index in [0.717, 1.165) is 0 Å². The Balaban J connectivity index is 2.14. The molecule has 0 aliphatic carbocycles. The van der Waals surface area contributed by atoms with Gasteiger partial charge in [-0.25, -0.2) is 4.39 Å². The molecule has 0 unspecified atom stereocenters. The maximum absolute atomic E-state index is 12.9. The molecule has 0 radical (unpaired) electrons. The van der Waals surface area contributed by atoms with Crippen LogP contribution in [0.3, 0.4) is 0 Å². The first-order chi connectivity index (χ1) is 10.5. The number of hydrogen-bond donors (Lipinski definition) is 1. The van der Waals surface area contributed by atoms with Crippen LogP contribution in [-0.4, -0.2) is 28.7 Å². The Labute approximate surface area is 126 Å². The Morgan fingerprint density at radius 3 is 2.55 bits per heavy atom. The molecule has 1 amide bonds. The number of hydrogen-bond acceptors (Lipinski definition) is 4. The van der Waals surface area contributed by atoms with Crippen molar-refractivity contribution in [1.82, 2.24) is 5.16 Å². The van der Waals surface area contributed by atoms with Gasteiger partial charge in [0.05, 0.1) is 12.8 Å². The molecule has 0 fully saturated rings. The van der Waals surface area contributed by atoms with E-state index in [0.29, 0.717) is 11.3 Å². The average Bonchev–Trinajstić information content (AvgIpc) is 2.88. The third kappa shape index (κ3) is 4.15. The zero-order valence-corrected chi connectivity index (χ0v) is 12.0. The number of nitrogens with zero attached hydrogens (tertiary/aromatic N) is 2. The van der Waals surface area contributed by atoms with E-state index in [1.54, 1.807) is 13.0 Å². The maximum Gasteiger partial charge on any atom is 0.305 e. The van der Waals surface area contributed by atoms with Crippen molar-refractivity contribution in [2.45, 2.75) is 19.8 Å². The topological polar surface area (TPSA) is 83.6 Å². The van der Waals surface area contributed by atoms with Crippen molar-refractivity contribution >= 4 is 17.7 Å². The minimum atomic E-state index is -1.01. The molecule has 0 saturated heterocycles. The zero-order valence-electron chi connectivity index (χ0n) is 12.0. The summed E-state index contributed by atoms with van der Waals surface area (Å²) in [7, 11) is 0. The molecule has 1 aromatic heterocycles. The number of halogens is 1. The normalized spacial score (nSPS) is 10.5. The van der Waals surface area contributed by atoms with Crippen LogP contribution >= 0.6 is 0 Å². The summed E-state index contributed by atoms with van der Waals surface area (Å²) in [6, 6.07) is 7.12. The molecule has 116 valence electrons. The van der Waals surface area contributed by atoms with Crippen LogP contribution in [-0.2, 0) is 16.0 Å². The molecule has 0 aliphatic rings. The first-order valence-electron chi connectivity index (χ1n) is 6.65. The lowest BCUT2D eigenvalue weighted by Gasteiger charge is -2.18. The highest BCUT2D eigenvalue weighted by Crippen LogP contribution is 2.16. The monoisotopic (exact) mass is 306 g/mol. The lowest BCUT2D eigenvalue weighted by molar-refractivity contribution is -0.136. The van der Waals surface area contributed by atoms with Crippen LogP contribution in [0.2, 0.25) is 0 Å². The van der Waals surface area contributed by atoms with E-state index in [4.69, 9.17) is 9.63 Å². The first-order valence-corrected chi connectivity index (χ1v) is 6.65. The van der Waals surface area contributed by atoms with Gasteiger partial charge in [0.1, 0.15) is 11.6 Å². The van der Waals surface area contributed by atoms with Crippen LogP contribution in [0.25, 0.3) is 0 Å². The van der Waals surface area contributed by atoms with Gasteiger partial charge in [-0.1, -0.05) is 17.3 Å². The van der Waals surface area contributed by atoms with Crippen molar-refractivity contribution in [3.63, 3.8) is 0 Å². The summed E-state index contributed by atoms with van der Waals surface area (Å²) in [6.45, 7) is 1.66. The molecule has 22 heavy (non-hydrogen) atoms. The van der Waals surface area contributed by atoms with Crippen LogP contribution in [0.4, 0.5) is 10.2 Å². The second kappa shape index (κ2) is 6.84. The zero-order chi connectivity index (χ0) is 16.1. The Kier molecular flexibility index (Phi) is 4.88. The summed E-state index contributed by atoms with van der Waals surface area (Å²) in [6.07, 6.45) is -0.188. The lowest BCUT2D eigenvalue weighted by Crippen LogP contribution is -2.34. The highest BCUT2D eigenvalue weighted by atomic mass is 19.1. The summed E-state index contributed by atoms with van der Waals surface area (Å²) in [5.74, 6) is -0.942. The van der Waals surface area contributed by atoms with E-state index in [1.165, 1.54) is 29.2 Å². The Hall–Kier alpha value is -2.70. The fourth-order valence-corrected chi connectivity index (χ4v) is 1.93. The predicted octanol–water partition coefficient (Wildman–Crippen LogP) is 2.17. The molecule has 7 heteroatoms. The molecular weight excluding hydrogens is 291 g/mol. The van der Waals surface area contributed by atoms with Gasteiger partial charge < -0.3 is 9.63 Å². The number of aromatic nitrogens is 1. The molecule has 1 heterocycles. The number of aryl methyl sites for hydroxylation is 1. The predicted molar refractivity (Wildman–Crippen MR) is 75.9 cm³/mol. The van der Waals surface area contributed by atoms with Gasteiger partial charge in [0, 0.05) is 12.6 Å². The largest absolute Gasteiger partial charge is 0.481 e. The minimum absolute atomic E-state index is 0.0126. The Morgan fingerprint density at radius 2 is 2.00 bits per heavy atom. The van der Waals surface area contributed by atoms with Crippen LogP contribution in [0, 0.1) is 12.7 Å². The molecule has 0 aliphatic heterocycles. The van der Waals surface area contributed by atoms with Gasteiger partial charge in [-0.15, -0.1) is 0 Å². The molecule has 2 aromatic rings. The van der Waals surface area contributed by atoms with Crippen LogP contribution in [0.1, 0.15) is 17.7 Å². The summed E-state index contributed by atoms with van der Waals surface area (Å²) in [5.41, 5.74) is 0.631. The molecule has 0 spiro atoms. The second-order valence-electron chi connectivity index (χ2n) is 4.79. The Bertz CT molecular complexity index is 666. The summed E-state index contributed by atoms with van der Waals surface area (Å²) in [4.78, 5) is 24.4. The van der Waals surface area contributed by atoms with Crippen LogP contribution in [0.15, 0.2) is 34.9 Å². The van der Waals surface area contributed by atoms with Crippen LogP contribution < -0.4 is 4.90 Å². The Morgan fingerprint density at radius 1 is 1.32 bits per heavy atom. The van der Waals surface area contributed by atoms with E-state index >= 15 is 0 Å². The van der Waals surface area contributed by atoms with E-state index in [-0.39, 0.29) is 36.9 Å². The highest BCUT2D eigenvalue weighted by molar-refractivity contribution is 5.94. The highest BCUT2D eigenvalue weighted by Gasteiger charge is 2.20. The second-order valence-corrected chi connectivity index (χ2v) is 4.79. The van der Waals surface area contributed by atoms with Gasteiger partial charge in [0.15, 0.2) is 5.82 Å². The van der Waals surface area contributed by atoms with E-state index in [9.17, 15) is 14.0 Å². The molecule has 1 aromatic carbocycles. The first kappa shape index (κ1) is 15.7. The van der Waals surface area contributed by atoms with Crippen molar-refractivity contribution in [2.75, 3.05) is 11.4 Å². The molecule has 0 atom stereocenters. The molecule has 6 nitrogen and oxygen atoms in total. The molecule has 0 saturated carbocycles. The van der Waals surface area contributed by atoms with Crippen molar-refractivity contribution in [2.24, 2.45) is 0 Å². The van der Waals surface area contributed by atoms with Crippen LogP contribution in [0.5, 0.6) is 0 Å². The quantitative estimate of drug-likeness (QED) is 0.884. The smallest absolute Gasteiger partial charge is 0.305 e. The molecule has 1 N–H and O–H groups in total. The summed E-state index contributed by atoms with van der Waals surface area (Å²) < 4.78 is 17.8. The molecule has 2 rings (SSSR count). The number of carbonyl (C=O) groups is 2. The van der Waals surface area contributed by atoms with Gasteiger partial charge in [-0.05, 0) is 24.6 Å². The fourth-order valence-electron chi connectivity index (χ4n) is 1.93. The number of aliphatic carboxylic acids is 1. The lowest BCUT2D eigenvalue weighted by atomic mass is 10.1. The van der Waals surface area contributed by atoms with Gasteiger partial charge >= 0.3 is 5.97 Å². The molecular formula is C15H15FN2O4. The summed E-state index contributed by atoms with van der Waals surface area (Å²) >= 11 is 0. The number of amides is 1. The summed E-state index contributed by atoms with van der Waals surface area (Å²) in [5, 5.41) is 12.5. The van der Waals surface area contributed by atoms with Gasteiger partial charge in [0.25, 0.3) is 0 Å². The van der Waals surface area contributed by atoms with E-state index in [2.05, 4.69) is 5.16 Å². The minimum Gasteiger partial charge on any atom is -0.481 e. The number of carbonyl (C=O) groups excluding carboxylic acids is 1. The number of benzene rings is 1. The van der Waals surface area contributed by atoms with Crippen molar-refractivity contribution in [3.05, 3.63) is 47.5 Å². The SMILES string of the molecule is Cc1cc(N(CCC(=O)O)C(=O)Cc2ccc(F)cc2)no1. The van der Waals surface area contributed by atoms with Crippen molar-refractivity contribution in [1.29, 1.82) is 0 Å².